The normalized spacial score (nSPS) is 10.3. The average Bonchev–Trinajstić information content (AvgIpc) is 2.21. The summed E-state index contributed by atoms with van der Waals surface area (Å²) in [5.74, 6) is 1.69. The molecule has 0 unspecified atom stereocenters. The van der Waals surface area contributed by atoms with E-state index in [0.29, 0.717) is 33.3 Å². The number of nitrogens with zero attached hydrogens (tertiary/aromatic N) is 2. The smallest absolute Gasteiger partial charge is 0.224 e. The Morgan fingerprint density at radius 1 is 1.18 bits per heavy atom. The van der Waals surface area contributed by atoms with Crippen molar-refractivity contribution in [3.63, 3.8) is 0 Å². The van der Waals surface area contributed by atoms with E-state index in [1.54, 1.807) is 25.1 Å². The van der Waals surface area contributed by atoms with Gasteiger partial charge in [-0.05, 0) is 25.1 Å². The first-order chi connectivity index (χ1) is 8.04. The quantitative estimate of drug-likeness (QED) is 0.907. The second-order valence-electron chi connectivity index (χ2n) is 3.36. The summed E-state index contributed by atoms with van der Waals surface area (Å²) < 4.78 is 5.50. The number of nitrogens with two attached hydrogens (primary N) is 1. The molecule has 0 bridgehead atoms. The summed E-state index contributed by atoms with van der Waals surface area (Å²) in [7, 11) is 0. The minimum atomic E-state index is 0.345. The molecule has 6 heteroatoms. The molecule has 2 rings (SSSR count). The van der Waals surface area contributed by atoms with Crippen molar-refractivity contribution in [2.24, 2.45) is 0 Å². The standard InChI is InChI=1S/C11H9Cl2N3O/c1-6-15-10(14)5-11(16-6)17-9-3-2-7(12)4-8(9)13/h2-5H,1H3,(H2,14,15,16). The third-order valence-corrected chi connectivity index (χ3v) is 2.47. The van der Waals surface area contributed by atoms with Crippen LogP contribution in [0.2, 0.25) is 10.0 Å². The van der Waals surface area contributed by atoms with E-state index in [0.717, 1.165) is 0 Å². The van der Waals surface area contributed by atoms with Crippen molar-refractivity contribution in [3.05, 3.63) is 40.1 Å². The van der Waals surface area contributed by atoms with E-state index in [-0.39, 0.29) is 0 Å². The number of hydrogen-bond donors (Lipinski definition) is 1. The van der Waals surface area contributed by atoms with Gasteiger partial charge in [-0.1, -0.05) is 23.2 Å². The Balaban J connectivity index is 2.31. The SMILES string of the molecule is Cc1nc(N)cc(Oc2ccc(Cl)cc2Cl)n1. The third-order valence-electron chi connectivity index (χ3n) is 1.94. The highest BCUT2D eigenvalue weighted by atomic mass is 35.5. The molecule has 0 fully saturated rings. The second-order valence-corrected chi connectivity index (χ2v) is 4.20. The number of halogens is 2. The maximum Gasteiger partial charge on any atom is 0.224 e. The Hall–Kier alpha value is -1.52. The van der Waals surface area contributed by atoms with Crippen molar-refractivity contribution >= 4 is 29.0 Å². The maximum absolute atomic E-state index is 5.97. The molecule has 0 amide bonds. The van der Waals surface area contributed by atoms with Crippen LogP contribution in [0.1, 0.15) is 5.82 Å². The fraction of sp³-hybridized carbons (Fsp3) is 0.0909. The molecule has 0 aliphatic rings. The summed E-state index contributed by atoms with van der Waals surface area (Å²) in [5, 5.41) is 0.952. The molecule has 4 nitrogen and oxygen atoms in total. The Bertz CT molecular complexity index is 540. The number of rotatable bonds is 2. The van der Waals surface area contributed by atoms with Crippen LogP contribution in [0.15, 0.2) is 24.3 Å². The van der Waals surface area contributed by atoms with Crippen molar-refractivity contribution < 1.29 is 4.74 Å². The lowest BCUT2D eigenvalue weighted by Gasteiger charge is -2.07. The molecule has 2 N–H and O–H groups in total. The molecule has 0 atom stereocenters. The van der Waals surface area contributed by atoms with Crippen LogP contribution in [-0.2, 0) is 0 Å². The molecule has 2 aromatic rings. The molecule has 1 heterocycles. The summed E-state index contributed by atoms with van der Waals surface area (Å²) in [5.41, 5.74) is 5.59. The Labute approximate surface area is 108 Å². The minimum Gasteiger partial charge on any atom is -0.437 e. The van der Waals surface area contributed by atoms with E-state index in [4.69, 9.17) is 33.7 Å². The van der Waals surface area contributed by atoms with Crippen LogP contribution in [-0.4, -0.2) is 9.97 Å². The lowest BCUT2D eigenvalue weighted by Crippen LogP contribution is -1.98. The lowest BCUT2D eigenvalue weighted by atomic mass is 10.3. The minimum absolute atomic E-state index is 0.345. The zero-order valence-corrected chi connectivity index (χ0v) is 10.5. The van der Waals surface area contributed by atoms with Gasteiger partial charge in [0.25, 0.3) is 0 Å². The number of aromatic nitrogens is 2. The van der Waals surface area contributed by atoms with Crippen LogP contribution in [0.25, 0.3) is 0 Å². The number of nitrogen functional groups attached to an aromatic ring is 1. The van der Waals surface area contributed by atoms with Crippen LogP contribution in [0, 0.1) is 6.92 Å². The van der Waals surface area contributed by atoms with Gasteiger partial charge in [0.15, 0.2) is 0 Å². The first-order valence-corrected chi connectivity index (χ1v) is 5.54. The van der Waals surface area contributed by atoms with Crippen molar-refractivity contribution in [3.8, 4) is 11.6 Å². The van der Waals surface area contributed by atoms with Gasteiger partial charge in [0.1, 0.15) is 17.4 Å². The van der Waals surface area contributed by atoms with Crippen LogP contribution >= 0.6 is 23.2 Å². The maximum atomic E-state index is 5.97. The van der Waals surface area contributed by atoms with Crippen LogP contribution in [0.3, 0.4) is 0 Å². The second kappa shape index (κ2) is 4.77. The van der Waals surface area contributed by atoms with Crippen LogP contribution in [0.5, 0.6) is 11.6 Å². The molecular formula is C11H9Cl2N3O. The number of ether oxygens (including phenoxy) is 1. The first kappa shape index (κ1) is 12.0. The van der Waals surface area contributed by atoms with E-state index in [1.807, 2.05) is 0 Å². The van der Waals surface area contributed by atoms with E-state index in [2.05, 4.69) is 9.97 Å². The van der Waals surface area contributed by atoms with Gasteiger partial charge in [-0.3, -0.25) is 0 Å². The highest BCUT2D eigenvalue weighted by Gasteiger charge is 2.06. The monoisotopic (exact) mass is 269 g/mol. The van der Waals surface area contributed by atoms with Crippen LogP contribution in [0.4, 0.5) is 5.82 Å². The predicted octanol–water partition coefficient (Wildman–Crippen LogP) is 3.47. The third kappa shape index (κ3) is 2.99. The molecular weight excluding hydrogens is 261 g/mol. The van der Waals surface area contributed by atoms with Gasteiger partial charge in [-0.2, -0.15) is 4.98 Å². The highest BCUT2D eigenvalue weighted by molar-refractivity contribution is 6.35. The number of aryl methyl sites for hydroxylation is 1. The van der Waals surface area contributed by atoms with Crippen molar-refractivity contribution in [2.45, 2.75) is 6.92 Å². The molecule has 17 heavy (non-hydrogen) atoms. The molecule has 0 radical (unpaired) electrons. The van der Waals surface area contributed by atoms with E-state index >= 15 is 0 Å². The Kier molecular flexibility index (Phi) is 3.36. The number of hydrogen-bond acceptors (Lipinski definition) is 4. The highest BCUT2D eigenvalue weighted by Crippen LogP contribution is 2.31. The van der Waals surface area contributed by atoms with Crippen molar-refractivity contribution in [1.29, 1.82) is 0 Å². The molecule has 0 aliphatic carbocycles. The average molecular weight is 270 g/mol. The zero-order valence-electron chi connectivity index (χ0n) is 8.95. The van der Waals surface area contributed by atoms with Crippen molar-refractivity contribution in [2.75, 3.05) is 5.73 Å². The summed E-state index contributed by atoms with van der Waals surface area (Å²) in [6.07, 6.45) is 0. The molecule has 0 spiro atoms. The lowest BCUT2D eigenvalue weighted by molar-refractivity contribution is 0.460. The molecule has 88 valence electrons. The molecule has 0 aliphatic heterocycles. The van der Waals surface area contributed by atoms with Crippen molar-refractivity contribution in [1.82, 2.24) is 9.97 Å². The Morgan fingerprint density at radius 3 is 2.59 bits per heavy atom. The van der Waals surface area contributed by atoms with E-state index in [1.165, 1.54) is 6.07 Å². The molecule has 1 aromatic heterocycles. The van der Waals surface area contributed by atoms with Gasteiger partial charge in [0.2, 0.25) is 5.88 Å². The van der Waals surface area contributed by atoms with Gasteiger partial charge < -0.3 is 10.5 Å². The number of benzene rings is 1. The van der Waals surface area contributed by atoms with Gasteiger partial charge in [-0.15, -0.1) is 0 Å². The fourth-order valence-corrected chi connectivity index (χ4v) is 1.73. The first-order valence-electron chi connectivity index (χ1n) is 4.78. The zero-order chi connectivity index (χ0) is 12.4. The van der Waals surface area contributed by atoms with Gasteiger partial charge in [-0.25, -0.2) is 4.98 Å². The summed E-state index contributed by atoms with van der Waals surface area (Å²) >= 11 is 11.8. The number of anilines is 1. The van der Waals surface area contributed by atoms with Crippen LogP contribution < -0.4 is 10.5 Å². The molecule has 0 saturated heterocycles. The molecule has 0 saturated carbocycles. The van der Waals surface area contributed by atoms with Gasteiger partial charge >= 0.3 is 0 Å². The summed E-state index contributed by atoms with van der Waals surface area (Å²) in [6, 6.07) is 6.46. The van der Waals surface area contributed by atoms with Gasteiger partial charge in [0.05, 0.1) is 5.02 Å². The summed E-state index contributed by atoms with van der Waals surface area (Å²) in [6.45, 7) is 1.73. The van der Waals surface area contributed by atoms with Gasteiger partial charge in [0, 0.05) is 11.1 Å². The summed E-state index contributed by atoms with van der Waals surface area (Å²) in [4.78, 5) is 8.03. The van der Waals surface area contributed by atoms with E-state index < -0.39 is 0 Å². The topological polar surface area (TPSA) is 61.0 Å². The van der Waals surface area contributed by atoms with E-state index in [9.17, 15) is 0 Å². The Morgan fingerprint density at radius 2 is 1.94 bits per heavy atom. The largest absolute Gasteiger partial charge is 0.437 e. The fourth-order valence-electron chi connectivity index (χ4n) is 1.29. The molecule has 1 aromatic carbocycles. The predicted molar refractivity (Wildman–Crippen MR) is 67.7 cm³/mol.